The van der Waals surface area contributed by atoms with Crippen LogP contribution in [0.5, 0.6) is 5.75 Å². The number of rotatable bonds is 3. The number of fused-ring (bicyclic) bond motifs is 1. The summed E-state index contributed by atoms with van der Waals surface area (Å²) >= 11 is 0. The fourth-order valence-electron chi connectivity index (χ4n) is 2.10. The van der Waals surface area contributed by atoms with E-state index in [1.54, 1.807) is 26.4 Å². The zero-order chi connectivity index (χ0) is 14.1. The third-order valence-electron chi connectivity index (χ3n) is 3.18. The maximum absolute atomic E-state index is 9.56. The zero-order valence-electron chi connectivity index (χ0n) is 11.3. The normalized spacial score (nSPS) is 12.6. The first kappa shape index (κ1) is 12.6. The van der Waals surface area contributed by atoms with Crippen molar-refractivity contribution in [3.63, 3.8) is 0 Å². The van der Waals surface area contributed by atoms with Crippen LogP contribution in [0.3, 0.4) is 0 Å². The number of H-pyrrole nitrogens is 1. The number of nitrogens with zero attached hydrogens (tertiary/aromatic N) is 2. The Labute approximate surface area is 116 Å². The Bertz CT molecular complexity index is 750. The molecule has 2 aromatic heterocycles. The summed E-state index contributed by atoms with van der Waals surface area (Å²) in [5, 5.41) is 9.56. The van der Waals surface area contributed by atoms with Gasteiger partial charge in [-0.1, -0.05) is 6.07 Å². The molecule has 2 N–H and O–H groups in total. The molecular weight excluding hydrogens is 254 g/mol. The first-order chi connectivity index (χ1) is 9.67. The molecule has 0 saturated heterocycles. The minimum absolute atomic E-state index is 0.570. The van der Waals surface area contributed by atoms with E-state index in [9.17, 15) is 5.11 Å². The van der Waals surface area contributed by atoms with Crippen LogP contribution in [0, 0.1) is 0 Å². The molecule has 0 aliphatic rings. The second kappa shape index (κ2) is 4.94. The lowest BCUT2D eigenvalue weighted by molar-refractivity contribution is 0.190. The summed E-state index contributed by atoms with van der Waals surface area (Å²) in [6, 6.07) is 7.82. The molecule has 102 valence electrons. The van der Waals surface area contributed by atoms with Gasteiger partial charge in [0.15, 0.2) is 0 Å². The van der Waals surface area contributed by atoms with Gasteiger partial charge >= 0.3 is 0 Å². The number of hydrogen-bond acceptors (Lipinski definition) is 4. The quantitative estimate of drug-likeness (QED) is 0.767. The molecule has 0 amide bonds. The molecule has 3 aromatic rings. The molecule has 5 nitrogen and oxygen atoms in total. The van der Waals surface area contributed by atoms with Crippen LogP contribution in [0.1, 0.15) is 18.9 Å². The summed E-state index contributed by atoms with van der Waals surface area (Å²) in [6.45, 7) is 1.69. The number of methoxy groups -OCH3 is 1. The standard InChI is InChI=1S/C15H15N3O2/c1-9(19)15-17-13-4-3-10(6-14(13)18-15)11-5-12(20-2)8-16-7-11/h3-9,19H,1-2H3,(H,17,18)/t9-/m0/s1. The molecule has 1 atom stereocenters. The summed E-state index contributed by atoms with van der Waals surface area (Å²) in [4.78, 5) is 11.6. The summed E-state index contributed by atoms with van der Waals surface area (Å²) in [5.41, 5.74) is 3.71. The molecule has 0 spiro atoms. The van der Waals surface area contributed by atoms with Gasteiger partial charge < -0.3 is 14.8 Å². The van der Waals surface area contributed by atoms with Gasteiger partial charge in [-0.15, -0.1) is 0 Å². The number of hydrogen-bond donors (Lipinski definition) is 2. The fraction of sp³-hybridized carbons (Fsp3) is 0.200. The number of ether oxygens (including phenoxy) is 1. The van der Waals surface area contributed by atoms with Gasteiger partial charge in [-0.05, 0) is 30.7 Å². The van der Waals surface area contributed by atoms with Crippen molar-refractivity contribution in [1.82, 2.24) is 15.0 Å². The Balaban J connectivity index is 2.07. The van der Waals surface area contributed by atoms with E-state index in [0.29, 0.717) is 5.82 Å². The molecular formula is C15H15N3O2. The maximum Gasteiger partial charge on any atom is 0.137 e. The largest absolute Gasteiger partial charge is 0.495 e. The number of pyridine rings is 1. The van der Waals surface area contributed by atoms with E-state index in [0.717, 1.165) is 27.9 Å². The van der Waals surface area contributed by atoms with Crippen molar-refractivity contribution in [3.05, 3.63) is 42.5 Å². The van der Waals surface area contributed by atoms with Gasteiger partial charge in [0.05, 0.1) is 24.3 Å². The highest BCUT2D eigenvalue weighted by atomic mass is 16.5. The van der Waals surface area contributed by atoms with Gasteiger partial charge in [0.2, 0.25) is 0 Å². The van der Waals surface area contributed by atoms with Crippen LogP contribution >= 0.6 is 0 Å². The number of aromatic amines is 1. The molecule has 0 radical (unpaired) electrons. The van der Waals surface area contributed by atoms with Crippen molar-refractivity contribution in [1.29, 1.82) is 0 Å². The lowest BCUT2D eigenvalue weighted by Crippen LogP contribution is -1.92. The predicted octanol–water partition coefficient (Wildman–Crippen LogP) is 2.69. The molecule has 20 heavy (non-hydrogen) atoms. The maximum atomic E-state index is 9.56. The highest BCUT2D eigenvalue weighted by molar-refractivity contribution is 5.82. The molecule has 0 bridgehead atoms. The average molecular weight is 269 g/mol. The van der Waals surface area contributed by atoms with Crippen molar-refractivity contribution in [2.75, 3.05) is 7.11 Å². The van der Waals surface area contributed by atoms with Crippen molar-refractivity contribution in [2.45, 2.75) is 13.0 Å². The third kappa shape index (κ3) is 2.23. The monoisotopic (exact) mass is 269 g/mol. The SMILES string of the molecule is COc1cncc(-c2ccc3nc([C@H](C)O)[nH]c3c2)c1. The lowest BCUT2D eigenvalue weighted by Gasteiger charge is -2.04. The summed E-state index contributed by atoms with van der Waals surface area (Å²) in [5.74, 6) is 1.29. The first-order valence-electron chi connectivity index (χ1n) is 6.34. The van der Waals surface area contributed by atoms with E-state index in [4.69, 9.17) is 4.74 Å². The molecule has 0 aliphatic heterocycles. The topological polar surface area (TPSA) is 71.0 Å². The van der Waals surface area contributed by atoms with Crippen molar-refractivity contribution < 1.29 is 9.84 Å². The van der Waals surface area contributed by atoms with E-state index in [-0.39, 0.29) is 0 Å². The first-order valence-corrected chi connectivity index (χ1v) is 6.34. The minimum atomic E-state index is -0.607. The van der Waals surface area contributed by atoms with Gasteiger partial charge in [0.1, 0.15) is 17.7 Å². The van der Waals surface area contributed by atoms with Gasteiger partial charge in [-0.25, -0.2) is 4.98 Å². The van der Waals surface area contributed by atoms with Gasteiger partial charge in [0.25, 0.3) is 0 Å². The van der Waals surface area contributed by atoms with Crippen molar-refractivity contribution in [2.24, 2.45) is 0 Å². The second-order valence-electron chi connectivity index (χ2n) is 4.64. The van der Waals surface area contributed by atoms with Crippen LogP contribution in [-0.2, 0) is 0 Å². The van der Waals surface area contributed by atoms with Crippen LogP contribution in [0.15, 0.2) is 36.7 Å². The number of aliphatic hydroxyl groups excluding tert-OH is 1. The molecule has 1 aromatic carbocycles. The molecule has 5 heteroatoms. The number of aliphatic hydroxyl groups is 1. The summed E-state index contributed by atoms with van der Waals surface area (Å²) in [7, 11) is 1.62. The minimum Gasteiger partial charge on any atom is -0.495 e. The highest BCUT2D eigenvalue weighted by Crippen LogP contribution is 2.26. The van der Waals surface area contributed by atoms with Gasteiger partial charge in [0, 0.05) is 11.8 Å². The number of aromatic nitrogens is 3. The Morgan fingerprint density at radius 1 is 1.20 bits per heavy atom. The Morgan fingerprint density at radius 2 is 2.05 bits per heavy atom. The van der Waals surface area contributed by atoms with Gasteiger partial charge in [-0.2, -0.15) is 0 Å². The molecule has 0 saturated carbocycles. The van der Waals surface area contributed by atoms with E-state index in [1.807, 2.05) is 24.3 Å². The van der Waals surface area contributed by atoms with Crippen LogP contribution < -0.4 is 4.74 Å². The Hall–Kier alpha value is -2.40. The Morgan fingerprint density at radius 3 is 2.80 bits per heavy atom. The second-order valence-corrected chi connectivity index (χ2v) is 4.64. The number of benzene rings is 1. The molecule has 3 rings (SSSR count). The molecule has 0 aliphatic carbocycles. The smallest absolute Gasteiger partial charge is 0.137 e. The molecule has 0 unspecified atom stereocenters. The average Bonchev–Trinajstić information content (AvgIpc) is 2.90. The third-order valence-corrected chi connectivity index (χ3v) is 3.18. The van der Waals surface area contributed by atoms with Crippen LogP contribution in [0.25, 0.3) is 22.2 Å². The van der Waals surface area contributed by atoms with E-state index in [2.05, 4.69) is 15.0 Å². The zero-order valence-corrected chi connectivity index (χ0v) is 11.3. The highest BCUT2D eigenvalue weighted by Gasteiger charge is 2.09. The van der Waals surface area contributed by atoms with E-state index in [1.165, 1.54) is 0 Å². The van der Waals surface area contributed by atoms with Crippen LogP contribution in [0.2, 0.25) is 0 Å². The van der Waals surface area contributed by atoms with Crippen LogP contribution in [0.4, 0.5) is 0 Å². The number of nitrogens with one attached hydrogen (secondary N) is 1. The Kier molecular flexibility index (Phi) is 3.12. The lowest BCUT2D eigenvalue weighted by atomic mass is 10.1. The summed E-state index contributed by atoms with van der Waals surface area (Å²) < 4.78 is 5.18. The van der Waals surface area contributed by atoms with Crippen molar-refractivity contribution >= 4 is 11.0 Å². The fourth-order valence-corrected chi connectivity index (χ4v) is 2.10. The van der Waals surface area contributed by atoms with Crippen molar-refractivity contribution in [3.8, 4) is 16.9 Å². The van der Waals surface area contributed by atoms with Crippen LogP contribution in [-0.4, -0.2) is 27.2 Å². The number of imidazole rings is 1. The van der Waals surface area contributed by atoms with E-state index >= 15 is 0 Å². The molecule has 0 fully saturated rings. The summed E-state index contributed by atoms with van der Waals surface area (Å²) in [6.07, 6.45) is 2.85. The van der Waals surface area contributed by atoms with Gasteiger partial charge in [-0.3, -0.25) is 4.98 Å². The molecule has 2 heterocycles. The van der Waals surface area contributed by atoms with E-state index < -0.39 is 6.10 Å². The predicted molar refractivity (Wildman–Crippen MR) is 76.5 cm³/mol.